The van der Waals surface area contributed by atoms with Gasteiger partial charge < -0.3 is 9.72 Å². The third-order valence-electron chi connectivity index (χ3n) is 4.36. The second-order valence-electron chi connectivity index (χ2n) is 6.06. The molecule has 0 saturated carbocycles. The number of nitrogens with zero attached hydrogens (tertiary/aromatic N) is 5. The number of rotatable bonds is 4. The molecule has 0 spiro atoms. The van der Waals surface area contributed by atoms with Crippen LogP contribution in [-0.2, 0) is 6.54 Å². The van der Waals surface area contributed by atoms with Crippen LogP contribution in [0.1, 0.15) is 27.3 Å². The Bertz CT molecular complexity index is 1080. The van der Waals surface area contributed by atoms with Gasteiger partial charge in [0, 0.05) is 12.4 Å². The standard InChI is InChI=1S/C19H18N6O/c1-13-6-5-9-24-15(10-21-18(13)24)11-22-19(26)16-12-23-25(14(16)2)17-7-3-4-8-20-17/h3-10,12H,11H2,1-2H3,(H,22,26). The largest absolute Gasteiger partial charge is 0.346 e. The van der Waals surface area contributed by atoms with Crippen LogP contribution in [0.5, 0.6) is 0 Å². The fraction of sp³-hybridized carbons (Fsp3) is 0.158. The third kappa shape index (κ3) is 2.73. The summed E-state index contributed by atoms with van der Waals surface area (Å²) in [6.07, 6.45) is 6.99. The molecule has 0 unspecified atom stereocenters. The Kier molecular flexibility index (Phi) is 3.96. The highest BCUT2D eigenvalue weighted by Crippen LogP contribution is 2.13. The highest BCUT2D eigenvalue weighted by molar-refractivity contribution is 5.95. The van der Waals surface area contributed by atoms with E-state index in [2.05, 4.69) is 20.4 Å². The molecule has 0 saturated heterocycles. The second-order valence-corrected chi connectivity index (χ2v) is 6.06. The number of aromatic nitrogens is 5. The lowest BCUT2D eigenvalue weighted by atomic mass is 10.2. The molecule has 7 heteroatoms. The first kappa shape index (κ1) is 16.0. The Hall–Kier alpha value is -3.48. The molecule has 0 aromatic carbocycles. The summed E-state index contributed by atoms with van der Waals surface area (Å²) in [7, 11) is 0. The number of nitrogens with one attached hydrogen (secondary N) is 1. The summed E-state index contributed by atoms with van der Waals surface area (Å²) in [6, 6.07) is 9.56. The molecule has 26 heavy (non-hydrogen) atoms. The van der Waals surface area contributed by atoms with Gasteiger partial charge in [-0.3, -0.25) is 4.79 Å². The number of aryl methyl sites for hydroxylation is 1. The zero-order chi connectivity index (χ0) is 18.1. The molecule has 4 rings (SSSR count). The zero-order valence-corrected chi connectivity index (χ0v) is 14.5. The van der Waals surface area contributed by atoms with E-state index in [0.29, 0.717) is 17.9 Å². The summed E-state index contributed by atoms with van der Waals surface area (Å²) in [6.45, 7) is 4.26. The van der Waals surface area contributed by atoms with Gasteiger partial charge in [0.1, 0.15) is 5.65 Å². The molecule has 0 aliphatic carbocycles. The Morgan fingerprint density at radius 1 is 1.12 bits per heavy atom. The number of fused-ring (bicyclic) bond motifs is 1. The maximum atomic E-state index is 12.6. The topological polar surface area (TPSA) is 77.1 Å². The van der Waals surface area contributed by atoms with Gasteiger partial charge in [-0.1, -0.05) is 12.1 Å². The molecule has 0 fully saturated rings. The second kappa shape index (κ2) is 6.44. The normalized spacial score (nSPS) is 11.0. The van der Waals surface area contributed by atoms with Gasteiger partial charge in [-0.05, 0) is 37.6 Å². The lowest BCUT2D eigenvalue weighted by molar-refractivity contribution is 0.0949. The number of amides is 1. The van der Waals surface area contributed by atoms with Crippen molar-refractivity contribution in [2.24, 2.45) is 0 Å². The van der Waals surface area contributed by atoms with Crippen molar-refractivity contribution in [1.82, 2.24) is 29.5 Å². The predicted molar refractivity (Wildman–Crippen MR) is 97.2 cm³/mol. The minimum absolute atomic E-state index is 0.174. The van der Waals surface area contributed by atoms with E-state index >= 15 is 0 Å². The van der Waals surface area contributed by atoms with Crippen LogP contribution >= 0.6 is 0 Å². The molecule has 1 N–H and O–H groups in total. The van der Waals surface area contributed by atoms with Crippen LogP contribution in [0, 0.1) is 13.8 Å². The van der Waals surface area contributed by atoms with Gasteiger partial charge in [-0.2, -0.15) is 5.10 Å². The first-order valence-corrected chi connectivity index (χ1v) is 8.31. The Balaban J connectivity index is 1.54. The van der Waals surface area contributed by atoms with Gasteiger partial charge in [0.25, 0.3) is 5.91 Å². The molecule has 1 amide bonds. The summed E-state index contributed by atoms with van der Waals surface area (Å²) in [5.41, 5.74) is 4.19. The molecule has 0 aliphatic heterocycles. The van der Waals surface area contributed by atoms with E-state index in [9.17, 15) is 4.79 Å². The maximum absolute atomic E-state index is 12.6. The van der Waals surface area contributed by atoms with Crippen LogP contribution in [0.25, 0.3) is 11.5 Å². The van der Waals surface area contributed by atoms with Gasteiger partial charge in [-0.15, -0.1) is 0 Å². The fourth-order valence-corrected chi connectivity index (χ4v) is 2.94. The first-order chi connectivity index (χ1) is 12.6. The lowest BCUT2D eigenvalue weighted by Crippen LogP contribution is -2.24. The molecule has 4 aromatic rings. The van der Waals surface area contributed by atoms with Crippen LogP contribution in [0.15, 0.2) is 55.1 Å². The number of hydrogen-bond acceptors (Lipinski definition) is 4. The average Bonchev–Trinajstić information content (AvgIpc) is 3.25. The van der Waals surface area contributed by atoms with Crippen LogP contribution in [0.3, 0.4) is 0 Å². The summed E-state index contributed by atoms with van der Waals surface area (Å²) >= 11 is 0. The smallest absolute Gasteiger partial charge is 0.255 e. The van der Waals surface area contributed by atoms with Gasteiger partial charge in [0.2, 0.25) is 0 Å². The number of hydrogen-bond donors (Lipinski definition) is 1. The van der Waals surface area contributed by atoms with E-state index < -0.39 is 0 Å². The number of carbonyl (C=O) groups is 1. The van der Waals surface area contributed by atoms with Gasteiger partial charge in [0.15, 0.2) is 5.82 Å². The van der Waals surface area contributed by atoms with Crippen molar-refractivity contribution < 1.29 is 4.79 Å². The number of imidazole rings is 1. The van der Waals surface area contributed by atoms with E-state index in [4.69, 9.17) is 0 Å². The van der Waals surface area contributed by atoms with Crippen LogP contribution in [-0.4, -0.2) is 30.1 Å². The van der Waals surface area contributed by atoms with Crippen LogP contribution in [0.4, 0.5) is 0 Å². The molecule has 0 bridgehead atoms. The summed E-state index contributed by atoms with van der Waals surface area (Å²) in [5.74, 6) is 0.508. The first-order valence-electron chi connectivity index (χ1n) is 8.31. The van der Waals surface area contributed by atoms with E-state index in [0.717, 1.165) is 22.6 Å². The van der Waals surface area contributed by atoms with Gasteiger partial charge in [0.05, 0.1) is 35.9 Å². The predicted octanol–water partition coefficient (Wildman–Crippen LogP) is 2.46. The molecule has 4 heterocycles. The maximum Gasteiger partial charge on any atom is 0.255 e. The average molecular weight is 346 g/mol. The molecule has 0 radical (unpaired) electrons. The lowest BCUT2D eigenvalue weighted by Gasteiger charge is -2.06. The quantitative estimate of drug-likeness (QED) is 0.616. The Morgan fingerprint density at radius 2 is 2.00 bits per heavy atom. The van der Waals surface area contributed by atoms with Crippen molar-refractivity contribution in [3.05, 3.63) is 77.6 Å². The SMILES string of the molecule is Cc1cccn2c(CNC(=O)c3cnn(-c4ccccn4)c3C)cnc12. The van der Waals surface area contributed by atoms with Gasteiger partial charge in [-0.25, -0.2) is 14.6 Å². The van der Waals surface area contributed by atoms with Crippen molar-refractivity contribution in [2.45, 2.75) is 20.4 Å². The fourth-order valence-electron chi connectivity index (χ4n) is 2.94. The molecule has 4 aromatic heterocycles. The van der Waals surface area contributed by atoms with Crippen molar-refractivity contribution in [3.63, 3.8) is 0 Å². The summed E-state index contributed by atoms with van der Waals surface area (Å²) in [4.78, 5) is 21.3. The highest BCUT2D eigenvalue weighted by atomic mass is 16.1. The third-order valence-corrected chi connectivity index (χ3v) is 4.36. The van der Waals surface area contributed by atoms with Gasteiger partial charge >= 0.3 is 0 Å². The molecule has 130 valence electrons. The molecular formula is C19H18N6O. The van der Waals surface area contributed by atoms with Crippen LogP contribution < -0.4 is 5.32 Å². The monoisotopic (exact) mass is 346 g/mol. The van der Waals surface area contributed by atoms with Crippen molar-refractivity contribution in [1.29, 1.82) is 0 Å². The minimum atomic E-state index is -0.174. The molecular weight excluding hydrogens is 328 g/mol. The van der Waals surface area contributed by atoms with E-state index in [-0.39, 0.29) is 5.91 Å². The molecule has 7 nitrogen and oxygen atoms in total. The van der Waals surface area contributed by atoms with Crippen LogP contribution in [0.2, 0.25) is 0 Å². The van der Waals surface area contributed by atoms with E-state index in [1.807, 2.05) is 54.8 Å². The molecule has 0 aliphatic rings. The van der Waals surface area contributed by atoms with Crippen molar-refractivity contribution in [3.8, 4) is 5.82 Å². The summed E-state index contributed by atoms with van der Waals surface area (Å²) in [5, 5.41) is 7.23. The Labute approximate surface area is 150 Å². The molecule has 0 atom stereocenters. The number of carbonyl (C=O) groups excluding carboxylic acids is 1. The van der Waals surface area contributed by atoms with Crippen molar-refractivity contribution >= 4 is 11.6 Å². The van der Waals surface area contributed by atoms with E-state index in [1.165, 1.54) is 0 Å². The summed E-state index contributed by atoms with van der Waals surface area (Å²) < 4.78 is 3.65. The zero-order valence-electron chi connectivity index (χ0n) is 14.5. The number of pyridine rings is 2. The van der Waals surface area contributed by atoms with E-state index in [1.54, 1.807) is 23.3 Å². The van der Waals surface area contributed by atoms with Crippen molar-refractivity contribution in [2.75, 3.05) is 0 Å². The Morgan fingerprint density at radius 3 is 2.81 bits per heavy atom. The minimum Gasteiger partial charge on any atom is -0.346 e. The highest BCUT2D eigenvalue weighted by Gasteiger charge is 2.16.